The average molecular weight is 1350 g/mol. The third-order valence-corrected chi connectivity index (χ3v) is 24.5. The first-order valence-electron chi connectivity index (χ1n) is 37.2. The summed E-state index contributed by atoms with van der Waals surface area (Å²) in [5, 5.41) is 8.30. The lowest BCUT2D eigenvalue weighted by Crippen LogP contribution is -2.15. The van der Waals surface area contributed by atoms with Crippen LogP contribution >= 0.6 is 0 Å². The van der Waals surface area contributed by atoms with Crippen molar-refractivity contribution in [2.75, 3.05) is 0 Å². The number of benzene rings is 15. The zero-order valence-electron chi connectivity index (χ0n) is 59.8. The highest BCUT2D eigenvalue weighted by atomic mass is 15.0. The van der Waals surface area contributed by atoms with Gasteiger partial charge in [0.25, 0.3) is 0 Å². The van der Waals surface area contributed by atoms with Gasteiger partial charge in [-0.25, -0.2) is 9.97 Å². The van der Waals surface area contributed by atoms with Crippen molar-refractivity contribution in [1.29, 1.82) is 0 Å². The molecule has 500 valence electrons. The second-order valence-electron chi connectivity index (χ2n) is 31.2. The van der Waals surface area contributed by atoms with E-state index in [2.05, 4.69) is 377 Å². The van der Waals surface area contributed by atoms with E-state index < -0.39 is 0 Å². The van der Waals surface area contributed by atoms with Gasteiger partial charge in [-0.2, -0.15) is 0 Å². The number of aromatic nitrogens is 5. The number of fused-ring (bicyclic) bond motifs is 19. The van der Waals surface area contributed by atoms with E-state index in [4.69, 9.17) is 9.97 Å². The van der Waals surface area contributed by atoms with E-state index in [1.54, 1.807) is 0 Å². The highest BCUT2D eigenvalue weighted by Crippen LogP contribution is 2.54. The molecule has 22 rings (SSSR count). The minimum absolute atomic E-state index is 0.110. The maximum absolute atomic E-state index is 5.69. The van der Waals surface area contributed by atoms with Crippen molar-refractivity contribution in [2.45, 2.75) is 57.8 Å². The Balaban J connectivity index is 0.658. The lowest BCUT2D eigenvalue weighted by atomic mass is 9.82. The molecule has 15 aromatic carbocycles. The fourth-order valence-electron chi connectivity index (χ4n) is 19.1. The first-order valence-corrected chi connectivity index (χ1v) is 37.2. The SMILES string of the molecule is CC1(C)c2ccccc2-c2ccc(-n3c4ccccc4c4cc(-c5ccc(-c6nc(-c7cccc(-c8ccc9c(c8)c8ccccc8n9-c8ccc9c(c8)C(C)(C)c8ccccc8-9)c7)nc7ccc(-c8ccc9c(c8)c8ccccc8n9-c8ccc9c(c8)C(C)(C)c8ccccc8-9)cc67)cc5)ccc43)cc21. The zero-order valence-corrected chi connectivity index (χ0v) is 59.8. The van der Waals surface area contributed by atoms with Crippen LogP contribution in [0, 0.1) is 0 Å². The van der Waals surface area contributed by atoms with Crippen LogP contribution in [0.2, 0.25) is 0 Å². The minimum Gasteiger partial charge on any atom is -0.309 e. The Bertz CT molecular complexity index is 7040. The maximum atomic E-state index is 5.69. The molecule has 0 saturated carbocycles. The van der Waals surface area contributed by atoms with Gasteiger partial charge in [-0.05, 0) is 209 Å². The molecule has 19 aromatic rings. The number of hydrogen-bond acceptors (Lipinski definition) is 2. The lowest BCUT2D eigenvalue weighted by Gasteiger charge is -2.22. The number of nitrogens with zero attached hydrogens (tertiary/aromatic N) is 5. The van der Waals surface area contributed by atoms with Crippen molar-refractivity contribution >= 4 is 76.3 Å². The van der Waals surface area contributed by atoms with E-state index >= 15 is 0 Å². The van der Waals surface area contributed by atoms with Crippen LogP contribution in [-0.2, 0) is 16.2 Å². The molecule has 3 aliphatic carbocycles. The lowest BCUT2D eigenvalue weighted by molar-refractivity contribution is 0.660. The van der Waals surface area contributed by atoms with E-state index in [0.29, 0.717) is 5.82 Å². The van der Waals surface area contributed by atoms with Gasteiger partial charge in [0.2, 0.25) is 0 Å². The molecule has 5 heteroatoms. The topological polar surface area (TPSA) is 40.6 Å². The van der Waals surface area contributed by atoms with Gasteiger partial charge in [-0.15, -0.1) is 0 Å². The summed E-state index contributed by atoms with van der Waals surface area (Å²) in [4.78, 5) is 11.2. The number of para-hydroxylation sites is 3. The zero-order chi connectivity index (χ0) is 70.6. The standard InChI is InChI=1S/C101H71N5/c1-99(2)84-28-13-7-22-71(84)74-45-42-68(57-87(74)99)104-91-31-16-10-25-77(91)80-53-63(39-49-94(80)104)60-34-36-61(37-35-60)97-83-56-64(66-41-51-96-82(55-66)79-27-12-18-33-93(79)106(96)70-44-47-76-73-24-9-15-30-86(73)101(5,6)89(76)59-70)38-48-90(83)102-98(103-97)67-21-19-20-62(52-67)65-40-50-95-81(54-65)78-26-11-17-32-92(78)105(95)69-43-46-75-72-23-8-14-29-85(72)100(3,4)88(75)58-69/h7-59H,1-6H3. The Labute approximate surface area is 615 Å². The van der Waals surface area contributed by atoms with Gasteiger partial charge in [0, 0.05) is 82.1 Å². The van der Waals surface area contributed by atoms with Gasteiger partial charge in [0.1, 0.15) is 0 Å². The van der Waals surface area contributed by atoms with Crippen LogP contribution in [0.1, 0.15) is 74.9 Å². The molecular weight excluding hydrogens is 1280 g/mol. The second-order valence-corrected chi connectivity index (χ2v) is 31.2. The second kappa shape index (κ2) is 22.0. The van der Waals surface area contributed by atoms with Crippen molar-refractivity contribution < 1.29 is 0 Å². The van der Waals surface area contributed by atoms with Gasteiger partial charge in [-0.3, -0.25) is 0 Å². The monoisotopic (exact) mass is 1350 g/mol. The Morgan fingerprint density at radius 1 is 0.208 bits per heavy atom. The molecule has 0 bridgehead atoms. The first kappa shape index (κ1) is 60.6. The van der Waals surface area contributed by atoms with Crippen LogP contribution in [0.3, 0.4) is 0 Å². The summed E-state index contributed by atoms with van der Waals surface area (Å²) in [6, 6.07) is 120. The first-order chi connectivity index (χ1) is 51.8. The average Bonchev–Trinajstić information content (AvgIpc) is 1.56. The van der Waals surface area contributed by atoms with Crippen molar-refractivity contribution in [1.82, 2.24) is 23.7 Å². The molecule has 0 spiro atoms. The van der Waals surface area contributed by atoms with E-state index in [9.17, 15) is 0 Å². The molecule has 0 atom stereocenters. The fraction of sp³-hybridized carbons (Fsp3) is 0.0891. The molecule has 3 aliphatic rings. The summed E-state index contributed by atoms with van der Waals surface area (Å²) in [5.41, 5.74) is 36.9. The molecule has 4 aromatic heterocycles. The van der Waals surface area contributed by atoms with Crippen molar-refractivity contribution in [2.24, 2.45) is 0 Å². The van der Waals surface area contributed by atoms with Crippen LogP contribution in [0.4, 0.5) is 0 Å². The maximum Gasteiger partial charge on any atom is 0.160 e. The molecule has 106 heavy (non-hydrogen) atoms. The predicted octanol–water partition coefficient (Wildman–Crippen LogP) is 26.2. The van der Waals surface area contributed by atoms with E-state index in [-0.39, 0.29) is 16.2 Å². The largest absolute Gasteiger partial charge is 0.309 e. The summed E-state index contributed by atoms with van der Waals surface area (Å²) in [6.07, 6.45) is 0. The minimum atomic E-state index is -0.119. The summed E-state index contributed by atoms with van der Waals surface area (Å²) >= 11 is 0. The van der Waals surface area contributed by atoms with E-state index in [1.165, 1.54) is 149 Å². The molecule has 0 saturated heterocycles. The van der Waals surface area contributed by atoms with Crippen LogP contribution in [-0.4, -0.2) is 23.7 Å². The quantitative estimate of drug-likeness (QED) is 0.152. The Morgan fingerprint density at radius 2 is 0.528 bits per heavy atom. The van der Waals surface area contributed by atoms with Crippen molar-refractivity contribution in [3.05, 3.63) is 355 Å². The highest BCUT2D eigenvalue weighted by molar-refractivity contribution is 6.14. The Hall–Kier alpha value is -13.0. The number of hydrogen-bond donors (Lipinski definition) is 0. The third-order valence-electron chi connectivity index (χ3n) is 24.5. The van der Waals surface area contributed by atoms with Crippen molar-refractivity contribution in [3.63, 3.8) is 0 Å². The van der Waals surface area contributed by atoms with Gasteiger partial charge >= 0.3 is 0 Å². The molecule has 0 fully saturated rings. The van der Waals surface area contributed by atoms with Gasteiger partial charge in [0.05, 0.1) is 44.3 Å². The predicted molar refractivity (Wildman–Crippen MR) is 442 cm³/mol. The third kappa shape index (κ3) is 8.65. The van der Waals surface area contributed by atoms with Gasteiger partial charge < -0.3 is 13.7 Å². The molecule has 0 amide bonds. The summed E-state index contributed by atoms with van der Waals surface area (Å²) in [6.45, 7) is 14.2. The molecular formula is C101H71N5. The molecule has 0 unspecified atom stereocenters. The van der Waals surface area contributed by atoms with Crippen LogP contribution in [0.25, 0.3) is 183 Å². The summed E-state index contributed by atoms with van der Waals surface area (Å²) in [5.74, 6) is 0.673. The molecule has 0 radical (unpaired) electrons. The van der Waals surface area contributed by atoms with Crippen LogP contribution < -0.4 is 0 Å². The van der Waals surface area contributed by atoms with E-state index in [1.807, 2.05) is 0 Å². The molecule has 0 aliphatic heterocycles. The summed E-state index contributed by atoms with van der Waals surface area (Å²) in [7, 11) is 0. The van der Waals surface area contributed by atoms with E-state index in [0.717, 1.165) is 61.1 Å². The Kier molecular flexibility index (Phi) is 12.6. The smallest absolute Gasteiger partial charge is 0.160 e. The molecule has 5 nitrogen and oxygen atoms in total. The normalized spacial score (nSPS) is 14.2. The highest BCUT2D eigenvalue weighted by Gasteiger charge is 2.39. The van der Waals surface area contributed by atoms with Crippen LogP contribution in [0.15, 0.2) is 322 Å². The summed E-state index contributed by atoms with van der Waals surface area (Å²) < 4.78 is 7.36. The van der Waals surface area contributed by atoms with Gasteiger partial charge in [0.15, 0.2) is 5.82 Å². The molecule has 4 heterocycles. The molecule has 0 N–H and O–H groups in total. The van der Waals surface area contributed by atoms with Gasteiger partial charge in [-0.1, -0.05) is 254 Å². The Morgan fingerprint density at radius 3 is 0.962 bits per heavy atom. The van der Waals surface area contributed by atoms with Crippen molar-refractivity contribution in [3.8, 4) is 106 Å². The van der Waals surface area contributed by atoms with Crippen LogP contribution in [0.5, 0.6) is 0 Å². The fourth-order valence-corrected chi connectivity index (χ4v) is 19.1. The number of rotatable bonds is 8.